The standard InChI is InChI=1S/C14H22ClN3O/c1-11-3-5-17(6-4-11)13-7-14(19)18(16-9-13)10-12(2)8-15/h7,9,11-12H,3-6,8,10H2,1-2H3. The Balaban J connectivity index is 2.08. The number of alkyl halides is 1. The van der Waals surface area contributed by atoms with Crippen molar-refractivity contribution in [2.45, 2.75) is 33.2 Å². The highest BCUT2D eigenvalue weighted by Gasteiger charge is 2.17. The molecule has 5 heteroatoms. The van der Waals surface area contributed by atoms with Gasteiger partial charge in [0.1, 0.15) is 0 Å². The predicted octanol–water partition coefficient (Wildman–Crippen LogP) is 2.35. The topological polar surface area (TPSA) is 38.1 Å². The SMILES string of the molecule is CC1CCN(c2cnn(CC(C)CCl)c(=O)c2)CC1. The van der Waals surface area contributed by atoms with Gasteiger partial charge in [0.15, 0.2) is 0 Å². The van der Waals surface area contributed by atoms with E-state index in [0.29, 0.717) is 12.4 Å². The lowest BCUT2D eigenvalue weighted by molar-refractivity contribution is 0.435. The van der Waals surface area contributed by atoms with Crippen molar-refractivity contribution in [3.63, 3.8) is 0 Å². The highest BCUT2D eigenvalue weighted by atomic mass is 35.5. The number of anilines is 1. The molecule has 1 saturated heterocycles. The fraction of sp³-hybridized carbons (Fsp3) is 0.714. The molecule has 1 fully saturated rings. The van der Waals surface area contributed by atoms with Gasteiger partial charge in [-0.3, -0.25) is 4.79 Å². The van der Waals surface area contributed by atoms with Crippen molar-refractivity contribution in [2.75, 3.05) is 23.9 Å². The van der Waals surface area contributed by atoms with Crippen LogP contribution in [-0.4, -0.2) is 28.8 Å². The van der Waals surface area contributed by atoms with Gasteiger partial charge in [-0.05, 0) is 24.7 Å². The molecular formula is C14H22ClN3O. The molecule has 2 heterocycles. The molecule has 1 unspecified atom stereocenters. The first kappa shape index (κ1) is 14.4. The minimum atomic E-state index is -0.0342. The molecule has 1 atom stereocenters. The van der Waals surface area contributed by atoms with Crippen LogP contribution in [0, 0.1) is 11.8 Å². The molecule has 0 aromatic carbocycles. The maximum Gasteiger partial charge on any atom is 0.268 e. The van der Waals surface area contributed by atoms with Crippen LogP contribution >= 0.6 is 11.6 Å². The second-order valence-corrected chi connectivity index (χ2v) is 5.97. The van der Waals surface area contributed by atoms with Gasteiger partial charge in [0.2, 0.25) is 0 Å². The summed E-state index contributed by atoms with van der Waals surface area (Å²) in [6, 6.07) is 1.70. The largest absolute Gasteiger partial charge is 0.370 e. The molecule has 2 rings (SSSR count). The van der Waals surface area contributed by atoms with E-state index in [-0.39, 0.29) is 11.5 Å². The summed E-state index contributed by atoms with van der Waals surface area (Å²) in [4.78, 5) is 14.3. The molecular weight excluding hydrogens is 262 g/mol. The molecule has 0 bridgehead atoms. The Morgan fingerprint density at radius 3 is 2.74 bits per heavy atom. The average Bonchev–Trinajstić information content (AvgIpc) is 2.41. The molecule has 0 spiro atoms. The van der Waals surface area contributed by atoms with Crippen molar-refractivity contribution in [3.05, 3.63) is 22.6 Å². The Bertz CT molecular complexity index is 466. The molecule has 1 aliphatic heterocycles. The number of rotatable bonds is 4. The van der Waals surface area contributed by atoms with Gasteiger partial charge in [-0.25, -0.2) is 4.68 Å². The summed E-state index contributed by atoms with van der Waals surface area (Å²) in [5, 5.41) is 4.26. The van der Waals surface area contributed by atoms with Gasteiger partial charge in [0, 0.05) is 31.6 Å². The van der Waals surface area contributed by atoms with Crippen LogP contribution < -0.4 is 10.5 Å². The van der Waals surface area contributed by atoms with Crippen molar-refractivity contribution in [2.24, 2.45) is 11.8 Å². The molecule has 1 aromatic heterocycles. The maximum atomic E-state index is 12.0. The lowest BCUT2D eigenvalue weighted by Crippen LogP contribution is -2.35. The second-order valence-electron chi connectivity index (χ2n) is 5.66. The van der Waals surface area contributed by atoms with Gasteiger partial charge in [-0.15, -0.1) is 11.6 Å². The van der Waals surface area contributed by atoms with E-state index in [1.807, 2.05) is 6.92 Å². The monoisotopic (exact) mass is 283 g/mol. The van der Waals surface area contributed by atoms with Crippen LogP contribution in [0.4, 0.5) is 5.69 Å². The molecule has 0 amide bonds. The molecule has 0 saturated carbocycles. The Labute approximate surface area is 119 Å². The van der Waals surface area contributed by atoms with Gasteiger partial charge in [0.25, 0.3) is 5.56 Å². The number of hydrogen-bond donors (Lipinski definition) is 0. The minimum absolute atomic E-state index is 0.0342. The molecule has 19 heavy (non-hydrogen) atoms. The van der Waals surface area contributed by atoms with Crippen LogP contribution in [0.1, 0.15) is 26.7 Å². The maximum absolute atomic E-state index is 12.0. The van der Waals surface area contributed by atoms with E-state index in [1.54, 1.807) is 12.3 Å². The quantitative estimate of drug-likeness (QED) is 0.796. The fourth-order valence-corrected chi connectivity index (χ4v) is 2.44. The number of halogens is 1. The zero-order chi connectivity index (χ0) is 13.8. The first-order chi connectivity index (χ1) is 9.10. The van der Waals surface area contributed by atoms with E-state index >= 15 is 0 Å². The predicted molar refractivity (Wildman–Crippen MR) is 79.0 cm³/mol. The van der Waals surface area contributed by atoms with E-state index in [0.717, 1.165) is 24.7 Å². The van der Waals surface area contributed by atoms with Crippen LogP contribution in [0.5, 0.6) is 0 Å². The molecule has 4 nitrogen and oxygen atoms in total. The van der Waals surface area contributed by atoms with Gasteiger partial charge in [-0.2, -0.15) is 5.10 Å². The third-order valence-electron chi connectivity index (χ3n) is 3.75. The zero-order valence-corrected chi connectivity index (χ0v) is 12.4. The molecule has 0 aliphatic carbocycles. The number of aromatic nitrogens is 2. The van der Waals surface area contributed by atoms with Gasteiger partial charge in [-0.1, -0.05) is 13.8 Å². The minimum Gasteiger partial charge on any atom is -0.370 e. The summed E-state index contributed by atoms with van der Waals surface area (Å²) in [6.07, 6.45) is 4.18. The third-order valence-corrected chi connectivity index (χ3v) is 4.28. The van der Waals surface area contributed by atoms with Crippen LogP contribution in [0.15, 0.2) is 17.1 Å². The Morgan fingerprint density at radius 1 is 1.47 bits per heavy atom. The molecule has 1 aromatic rings. The van der Waals surface area contributed by atoms with E-state index in [9.17, 15) is 4.79 Å². The summed E-state index contributed by atoms with van der Waals surface area (Å²) in [5.74, 6) is 1.59. The second kappa shape index (κ2) is 6.42. The van der Waals surface area contributed by atoms with E-state index < -0.39 is 0 Å². The lowest BCUT2D eigenvalue weighted by atomic mass is 9.99. The number of piperidine rings is 1. The highest BCUT2D eigenvalue weighted by molar-refractivity contribution is 6.18. The van der Waals surface area contributed by atoms with Crippen LogP contribution in [-0.2, 0) is 6.54 Å². The van der Waals surface area contributed by atoms with Gasteiger partial charge >= 0.3 is 0 Å². The molecule has 0 radical (unpaired) electrons. The normalized spacial score (nSPS) is 18.6. The summed E-state index contributed by atoms with van der Waals surface area (Å²) < 4.78 is 1.50. The summed E-state index contributed by atoms with van der Waals surface area (Å²) in [7, 11) is 0. The van der Waals surface area contributed by atoms with Crippen molar-refractivity contribution >= 4 is 17.3 Å². The molecule has 106 valence electrons. The van der Waals surface area contributed by atoms with Gasteiger partial charge in [0.05, 0.1) is 11.9 Å². The van der Waals surface area contributed by atoms with Crippen molar-refractivity contribution < 1.29 is 0 Å². The van der Waals surface area contributed by atoms with Crippen molar-refractivity contribution in [3.8, 4) is 0 Å². The van der Waals surface area contributed by atoms with Crippen LogP contribution in [0.3, 0.4) is 0 Å². The lowest BCUT2D eigenvalue weighted by Gasteiger charge is -2.31. The Hall–Kier alpha value is -1.03. The van der Waals surface area contributed by atoms with Crippen molar-refractivity contribution in [1.29, 1.82) is 0 Å². The van der Waals surface area contributed by atoms with E-state index in [1.165, 1.54) is 17.5 Å². The third kappa shape index (κ3) is 3.72. The van der Waals surface area contributed by atoms with Gasteiger partial charge < -0.3 is 4.90 Å². The number of hydrogen-bond acceptors (Lipinski definition) is 3. The Morgan fingerprint density at radius 2 is 2.16 bits per heavy atom. The average molecular weight is 284 g/mol. The zero-order valence-electron chi connectivity index (χ0n) is 11.7. The van der Waals surface area contributed by atoms with Crippen molar-refractivity contribution in [1.82, 2.24) is 9.78 Å². The van der Waals surface area contributed by atoms with Crippen LogP contribution in [0.2, 0.25) is 0 Å². The summed E-state index contributed by atoms with van der Waals surface area (Å²) in [5.41, 5.74) is 0.916. The van der Waals surface area contributed by atoms with Crippen LogP contribution in [0.25, 0.3) is 0 Å². The first-order valence-electron chi connectivity index (χ1n) is 6.98. The highest BCUT2D eigenvalue weighted by Crippen LogP contribution is 2.21. The van der Waals surface area contributed by atoms with E-state index in [4.69, 9.17) is 11.6 Å². The summed E-state index contributed by atoms with van der Waals surface area (Å²) >= 11 is 5.77. The smallest absolute Gasteiger partial charge is 0.268 e. The Kier molecular flexibility index (Phi) is 4.86. The summed E-state index contributed by atoms with van der Waals surface area (Å²) in [6.45, 7) is 6.91. The van der Waals surface area contributed by atoms with E-state index in [2.05, 4.69) is 16.9 Å². The fourth-order valence-electron chi connectivity index (χ4n) is 2.34. The number of nitrogens with zero attached hydrogens (tertiary/aromatic N) is 3. The molecule has 0 N–H and O–H groups in total. The first-order valence-corrected chi connectivity index (χ1v) is 7.51. The molecule has 1 aliphatic rings.